The second-order valence-electron chi connectivity index (χ2n) is 4.36. The fraction of sp³-hybridized carbons (Fsp3) is 0.214. The second kappa shape index (κ2) is 6.39. The van der Waals surface area contributed by atoms with Crippen LogP contribution < -0.4 is 10.2 Å². The maximum atomic E-state index is 4.41. The zero-order valence-electron chi connectivity index (χ0n) is 10.8. The average molecular weight is 385 g/mol. The Morgan fingerprint density at radius 2 is 1.95 bits per heavy atom. The summed E-state index contributed by atoms with van der Waals surface area (Å²) in [5, 5.41) is 3.42. The molecule has 1 aromatic heterocycles. The third-order valence-corrected chi connectivity index (χ3v) is 3.61. The largest absolute Gasteiger partial charge is 0.378 e. The van der Waals surface area contributed by atoms with E-state index in [-0.39, 0.29) is 0 Å². The molecule has 1 aromatic carbocycles. The number of halogens is 2. The molecule has 0 aliphatic carbocycles. The van der Waals surface area contributed by atoms with Gasteiger partial charge >= 0.3 is 0 Å². The lowest BCUT2D eigenvalue weighted by molar-refractivity contribution is 1.02. The van der Waals surface area contributed by atoms with Crippen molar-refractivity contribution in [3.05, 3.63) is 51.2 Å². The Bertz CT molecular complexity index is 570. The predicted octanol–water partition coefficient (Wildman–Crippen LogP) is 4.28. The first-order valence-corrected chi connectivity index (χ1v) is 7.47. The van der Waals surface area contributed by atoms with Crippen LogP contribution in [0.3, 0.4) is 0 Å². The number of aromatic nitrogens is 1. The Morgan fingerprint density at radius 1 is 1.16 bits per heavy atom. The van der Waals surface area contributed by atoms with Crippen LogP contribution in [0.1, 0.15) is 5.69 Å². The van der Waals surface area contributed by atoms with Crippen LogP contribution in [0.15, 0.2) is 45.5 Å². The van der Waals surface area contributed by atoms with Crippen molar-refractivity contribution < 1.29 is 0 Å². The van der Waals surface area contributed by atoms with E-state index in [1.807, 2.05) is 38.4 Å². The fourth-order valence-corrected chi connectivity index (χ4v) is 2.52. The number of hydrogen-bond donors (Lipinski definition) is 1. The third-order valence-electron chi connectivity index (χ3n) is 2.67. The van der Waals surface area contributed by atoms with Gasteiger partial charge in [0.25, 0.3) is 0 Å². The van der Waals surface area contributed by atoms with Crippen molar-refractivity contribution in [3.8, 4) is 0 Å². The molecule has 2 rings (SSSR count). The fourth-order valence-electron chi connectivity index (χ4n) is 1.77. The Kier molecular flexibility index (Phi) is 4.82. The summed E-state index contributed by atoms with van der Waals surface area (Å²) in [7, 11) is 4.07. The van der Waals surface area contributed by atoms with E-state index < -0.39 is 0 Å². The molecule has 3 nitrogen and oxygen atoms in total. The second-order valence-corrected chi connectivity index (χ2v) is 6.09. The van der Waals surface area contributed by atoms with Crippen molar-refractivity contribution in [2.75, 3.05) is 24.3 Å². The first kappa shape index (κ1) is 14.3. The van der Waals surface area contributed by atoms with Crippen molar-refractivity contribution in [1.82, 2.24) is 4.98 Å². The molecule has 0 radical (unpaired) electrons. The Balaban J connectivity index is 2.17. The van der Waals surface area contributed by atoms with Gasteiger partial charge in [-0.25, -0.2) is 4.98 Å². The number of rotatable bonds is 4. The van der Waals surface area contributed by atoms with Gasteiger partial charge in [0.05, 0.1) is 23.6 Å². The predicted molar refractivity (Wildman–Crippen MR) is 87.7 cm³/mol. The van der Waals surface area contributed by atoms with E-state index in [9.17, 15) is 0 Å². The Labute approximate surface area is 130 Å². The molecule has 19 heavy (non-hydrogen) atoms. The highest BCUT2D eigenvalue weighted by atomic mass is 79.9. The normalized spacial score (nSPS) is 10.3. The molecule has 0 bridgehead atoms. The topological polar surface area (TPSA) is 28.2 Å². The first-order valence-electron chi connectivity index (χ1n) is 5.88. The zero-order valence-corrected chi connectivity index (χ0v) is 14.0. The summed E-state index contributed by atoms with van der Waals surface area (Å²) in [6.45, 7) is 0.691. The molecule has 0 aliphatic heterocycles. The average Bonchev–Trinajstić information content (AvgIpc) is 2.36. The minimum Gasteiger partial charge on any atom is -0.378 e. The van der Waals surface area contributed by atoms with Crippen molar-refractivity contribution in [1.29, 1.82) is 0 Å². The van der Waals surface area contributed by atoms with Crippen LogP contribution in [0.25, 0.3) is 0 Å². The van der Waals surface area contributed by atoms with E-state index in [1.165, 1.54) is 0 Å². The summed E-state index contributed by atoms with van der Waals surface area (Å²) in [6.07, 6.45) is 0. The van der Waals surface area contributed by atoms with Gasteiger partial charge in [0.2, 0.25) is 0 Å². The quantitative estimate of drug-likeness (QED) is 0.797. The number of hydrogen-bond acceptors (Lipinski definition) is 3. The van der Waals surface area contributed by atoms with Gasteiger partial charge in [0, 0.05) is 18.6 Å². The van der Waals surface area contributed by atoms with E-state index in [1.54, 1.807) is 0 Å². The van der Waals surface area contributed by atoms with Crippen LogP contribution in [0.5, 0.6) is 0 Å². The summed E-state index contributed by atoms with van der Waals surface area (Å²) in [5.74, 6) is 0. The maximum absolute atomic E-state index is 4.41. The van der Waals surface area contributed by atoms with Crippen molar-refractivity contribution in [3.63, 3.8) is 0 Å². The number of nitrogens with zero attached hydrogens (tertiary/aromatic N) is 2. The smallest absolute Gasteiger partial charge is 0.106 e. The molecule has 0 unspecified atom stereocenters. The maximum Gasteiger partial charge on any atom is 0.106 e. The molecule has 2 aromatic rings. The van der Waals surface area contributed by atoms with Gasteiger partial charge in [-0.2, -0.15) is 0 Å². The molecule has 1 heterocycles. The molecule has 5 heteroatoms. The molecular weight excluding hydrogens is 370 g/mol. The van der Waals surface area contributed by atoms with Crippen molar-refractivity contribution >= 4 is 43.2 Å². The molecule has 0 amide bonds. The third kappa shape index (κ3) is 3.94. The van der Waals surface area contributed by atoms with E-state index in [4.69, 9.17) is 0 Å². The molecule has 0 fully saturated rings. The SMILES string of the molecule is CN(C)c1ccc(Br)cc1NCc1cccc(Br)n1. The van der Waals surface area contributed by atoms with E-state index in [2.05, 4.69) is 59.2 Å². The highest BCUT2D eigenvalue weighted by Crippen LogP contribution is 2.28. The van der Waals surface area contributed by atoms with Crippen LogP contribution in [0.2, 0.25) is 0 Å². The molecular formula is C14H15Br2N3. The van der Waals surface area contributed by atoms with Crippen molar-refractivity contribution in [2.24, 2.45) is 0 Å². The minimum absolute atomic E-state index is 0.691. The lowest BCUT2D eigenvalue weighted by Crippen LogP contribution is -2.12. The molecule has 0 aliphatic rings. The van der Waals surface area contributed by atoms with Crippen LogP contribution in [-0.4, -0.2) is 19.1 Å². The van der Waals surface area contributed by atoms with Gasteiger partial charge in [0.1, 0.15) is 4.60 Å². The molecule has 1 N–H and O–H groups in total. The Morgan fingerprint density at radius 3 is 2.63 bits per heavy atom. The van der Waals surface area contributed by atoms with Crippen LogP contribution in [0.4, 0.5) is 11.4 Å². The standard InChI is InChI=1S/C14H15Br2N3/c1-19(2)13-7-6-10(15)8-12(13)17-9-11-4-3-5-14(16)18-11/h3-8,17H,9H2,1-2H3. The summed E-state index contributed by atoms with van der Waals surface area (Å²) < 4.78 is 1.91. The van der Waals surface area contributed by atoms with Gasteiger partial charge < -0.3 is 10.2 Å². The van der Waals surface area contributed by atoms with Gasteiger partial charge in [-0.3, -0.25) is 0 Å². The van der Waals surface area contributed by atoms with Gasteiger partial charge in [-0.05, 0) is 46.3 Å². The monoisotopic (exact) mass is 383 g/mol. The van der Waals surface area contributed by atoms with Gasteiger partial charge in [0.15, 0.2) is 0 Å². The Hall–Kier alpha value is -1.07. The molecule has 0 spiro atoms. The number of pyridine rings is 1. The minimum atomic E-state index is 0.691. The highest BCUT2D eigenvalue weighted by molar-refractivity contribution is 9.10. The number of nitrogens with one attached hydrogen (secondary N) is 1. The number of benzene rings is 1. The summed E-state index contributed by atoms with van der Waals surface area (Å²) >= 11 is 6.88. The molecule has 0 atom stereocenters. The zero-order chi connectivity index (χ0) is 13.8. The lowest BCUT2D eigenvalue weighted by atomic mass is 10.2. The molecule has 100 valence electrons. The van der Waals surface area contributed by atoms with Crippen molar-refractivity contribution in [2.45, 2.75) is 6.54 Å². The van der Waals surface area contributed by atoms with E-state index in [0.29, 0.717) is 6.54 Å². The summed E-state index contributed by atoms with van der Waals surface area (Å²) in [5.41, 5.74) is 3.23. The molecule has 0 saturated carbocycles. The lowest BCUT2D eigenvalue weighted by Gasteiger charge is -2.18. The summed E-state index contributed by atoms with van der Waals surface area (Å²) in [6, 6.07) is 12.1. The van der Waals surface area contributed by atoms with E-state index in [0.717, 1.165) is 26.1 Å². The van der Waals surface area contributed by atoms with Gasteiger partial charge in [-0.15, -0.1) is 0 Å². The van der Waals surface area contributed by atoms with Crippen LogP contribution >= 0.6 is 31.9 Å². The summed E-state index contributed by atoms with van der Waals surface area (Å²) in [4.78, 5) is 6.50. The van der Waals surface area contributed by atoms with E-state index >= 15 is 0 Å². The van der Waals surface area contributed by atoms with Gasteiger partial charge in [-0.1, -0.05) is 22.0 Å². The first-order chi connectivity index (χ1) is 9.06. The number of anilines is 2. The highest BCUT2D eigenvalue weighted by Gasteiger charge is 2.05. The van der Waals surface area contributed by atoms with Crippen LogP contribution in [0, 0.1) is 0 Å². The molecule has 0 saturated heterocycles. The van der Waals surface area contributed by atoms with Crippen LogP contribution in [-0.2, 0) is 6.54 Å².